The van der Waals surface area contributed by atoms with Crippen LogP contribution in [0.15, 0.2) is 35.3 Å². The molecule has 1 fully saturated rings. The number of rotatable bonds is 2. The zero-order valence-corrected chi connectivity index (χ0v) is 13.6. The number of nitrogens with two attached hydrogens (primary N) is 1. The third kappa shape index (κ3) is 2.79. The predicted molar refractivity (Wildman–Crippen MR) is 90.0 cm³/mol. The maximum atomic E-state index is 11.9. The van der Waals surface area contributed by atoms with E-state index in [9.17, 15) is 10.0 Å². The van der Waals surface area contributed by atoms with E-state index in [0.29, 0.717) is 21.7 Å². The first-order valence-corrected chi connectivity index (χ1v) is 8.31. The third-order valence-electron chi connectivity index (χ3n) is 4.52. The fourth-order valence-electron chi connectivity index (χ4n) is 3.21. The average Bonchev–Trinajstić information content (AvgIpc) is 2.96. The van der Waals surface area contributed by atoms with Crippen LogP contribution in [0, 0.1) is 0 Å². The Balaban J connectivity index is 1.76. The molecule has 2 aromatic rings. The highest BCUT2D eigenvalue weighted by atomic mass is 16.6. The molecule has 2 aliphatic rings. The van der Waals surface area contributed by atoms with E-state index in [0.717, 1.165) is 25.9 Å². The van der Waals surface area contributed by atoms with Crippen LogP contribution in [-0.4, -0.2) is 34.0 Å². The summed E-state index contributed by atoms with van der Waals surface area (Å²) in [4.78, 5) is 22.7. The second kappa shape index (κ2) is 6.12. The van der Waals surface area contributed by atoms with Gasteiger partial charge in [0.2, 0.25) is 12.2 Å². The molecule has 0 spiro atoms. The first kappa shape index (κ1) is 15.5. The Hall–Kier alpha value is -3.03. The van der Waals surface area contributed by atoms with E-state index in [2.05, 4.69) is 14.9 Å². The van der Waals surface area contributed by atoms with Crippen LogP contribution in [0.3, 0.4) is 0 Å². The molecule has 130 valence electrons. The van der Waals surface area contributed by atoms with E-state index in [1.165, 1.54) is 6.42 Å². The van der Waals surface area contributed by atoms with Crippen molar-refractivity contribution in [3.05, 3.63) is 46.9 Å². The van der Waals surface area contributed by atoms with Gasteiger partial charge < -0.3 is 20.6 Å². The zero-order chi connectivity index (χ0) is 17.4. The molecule has 1 aromatic carbocycles. The van der Waals surface area contributed by atoms with E-state index in [-0.39, 0.29) is 11.4 Å². The molecule has 8 nitrogen and oxygen atoms in total. The molecule has 3 heterocycles. The number of esters is 1. The highest BCUT2D eigenvalue weighted by molar-refractivity contribution is 5.93. The number of carbonyl (C=O) groups is 1. The first-order valence-electron chi connectivity index (χ1n) is 8.31. The molecule has 1 atom stereocenters. The lowest BCUT2D eigenvalue weighted by molar-refractivity contribution is 0.0387. The van der Waals surface area contributed by atoms with Crippen molar-refractivity contribution in [2.45, 2.75) is 25.5 Å². The van der Waals surface area contributed by atoms with Crippen molar-refractivity contribution >= 4 is 17.7 Å². The second-order valence-corrected chi connectivity index (χ2v) is 6.16. The number of anilines is 2. The summed E-state index contributed by atoms with van der Waals surface area (Å²) in [5.74, 6) is 0.186. The number of hydrogen-bond acceptors (Lipinski definition) is 7. The van der Waals surface area contributed by atoms with Crippen LogP contribution in [0.4, 0.5) is 11.8 Å². The van der Waals surface area contributed by atoms with Gasteiger partial charge >= 0.3 is 5.97 Å². The van der Waals surface area contributed by atoms with Crippen LogP contribution in [-0.2, 0) is 4.74 Å². The maximum Gasteiger partial charge on any atom is 0.340 e. The summed E-state index contributed by atoms with van der Waals surface area (Å²) in [7, 11) is 0. The molecule has 25 heavy (non-hydrogen) atoms. The average molecular weight is 341 g/mol. The van der Waals surface area contributed by atoms with Crippen molar-refractivity contribution in [3.8, 4) is 0 Å². The predicted octanol–water partition coefficient (Wildman–Crippen LogP) is 1.46. The van der Waals surface area contributed by atoms with Gasteiger partial charge in [-0.2, -0.15) is 4.98 Å². The van der Waals surface area contributed by atoms with Crippen molar-refractivity contribution in [1.29, 1.82) is 0 Å². The van der Waals surface area contributed by atoms with Gasteiger partial charge in [-0.05, 0) is 25.3 Å². The number of carbonyl (C=O) groups excluding carboxylic acids is 1. The molecule has 0 aliphatic carbocycles. The van der Waals surface area contributed by atoms with Crippen molar-refractivity contribution in [1.82, 2.24) is 9.71 Å². The number of piperidine rings is 1. The lowest BCUT2D eigenvalue weighted by Crippen LogP contribution is -2.33. The molecule has 8 heteroatoms. The molecule has 3 N–H and O–H groups in total. The summed E-state index contributed by atoms with van der Waals surface area (Å²) >= 11 is 0. The Morgan fingerprint density at radius 3 is 2.80 bits per heavy atom. The summed E-state index contributed by atoms with van der Waals surface area (Å²) in [6, 6.07) is 8.73. The lowest BCUT2D eigenvalue weighted by atomic mass is 10.1. The van der Waals surface area contributed by atoms with Gasteiger partial charge in [0, 0.05) is 24.7 Å². The summed E-state index contributed by atoms with van der Waals surface area (Å²) in [5, 5.41) is 10.2. The molecular weight excluding hydrogens is 322 g/mol. The Bertz CT molecular complexity index is 886. The van der Waals surface area contributed by atoms with Crippen molar-refractivity contribution in [3.63, 3.8) is 0 Å². The van der Waals surface area contributed by atoms with Crippen molar-refractivity contribution < 1.29 is 14.7 Å². The number of fused-ring (bicyclic) bond motifs is 1. The topological polar surface area (TPSA) is 106 Å². The highest BCUT2D eigenvalue weighted by Gasteiger charge is 2.30. The van der Waals surface area contributed by atoms with Gasteiger partial charge in [-0.1, -0.05) is 18.2 Å². The molecule has 0 radical (unpaired) electrons. The van der Waals surface area contributed by atoms with E-state index >= 15 is 0 Å². The number of benzene rings is 1. The van der Waals surface area contributed by atoms with Crippen LogP contribution in [0.25, 0.3) is 0 Å². The molecule has 1 saturated heterocycles. The maximum absolute atomic E-state index is 11.9. The van der Waals surface area contributed by atoms with E-state index in [1.807, 2.05) is 6.07 Å². The molecule has 0 amide bonds. The van der Waals surface area contributed by atoms with Crippen molar-refractivity contribution in [2.75, 3.05) is 23.7 Å². The fourth-order valence-corrected chi connectivity index (χ4v) is 3.21. The van der Waals surface area contributed by atoms with Crippen LogP contribution in [0.1, 0.15) is 41.4 Å². The van der Waals surface area contributed by atoms with Gasteiger partial charge in [-0.25, -0.2) is 9.79 Å². The summed E-state index contributed by atoms with van der Waals surface area (Å²) in [5.41, 5.74) is 7.18. The summed E-state index contributed by atoms with van der Waals surface area (Å²) in [6.07, 6.45) is 2.58. The van der Waals surface area contributed by atoms with Gasteiger partial charge in [-0.3, -0.25) is 0 Å². The van der Waals surface area contributed by atoms with Crippen LogP contribution < -0.4 is 16.1 Å². The smallest absolute Gasteiger partial charge is 0.340 e. The monoisotopic (exact) mass is 341 g/mol. The van der Waals surface area contributed by atoms with Crippen LogP contribution in [0.2, 0.25) is 0 Å². The van der Waals surface area contributed by atoms with Crippen LogP contribution >= 0.6 is 0 Å². The number of nitrogens with zero attached hydrogens (tertiary/aromatic N) is 4. The second-order valence-electron chi connectivity index (χ2n) is 6.16. The van der Waals surface area contributed by atoms with Crippen LogP contribution in [0.5, 0.6) is 0 Å². The van der Waals surface area contributed by atoms with Gasteiger partial charge in [0.25, 0.3) is 0 Å². The van der Waals surface area contributed by atoms with E-state index in [4.69, 9.17) is 10.5 Å². The Labute approximate surface area is 144 Å². The molecular formula is C17H19N5O3. The molecule has 1 unspecified atom stereocenters. The van der Waals surface area contributed by atoms with Gasteiger partial charge in [-0.15, -0.1) is 4.73 Å². The zero-order valence-electron chi connectivity index (χ0n) is 13.6. The quantitative estimate of drug-likeness (QED) is 0.633. The molecule has 2 aliphatic heterocycles. The number of hydrogen-bond donors (Lipinski definition) is 2. The SMILES string of the molecule is Nc1nc(N2CCCCC2)cc(=NC2OC(=O)c3ccccc32)n1O. The fraction of sp³-hybridized carbons (Fsp3) is 0.353. The Morgan fingerprint density at radius 2 is 2.00 bits per heavy atom. The normalized spacial score (nSPS) is 20.5. The molecule has 4 rings (SSSR count). The van der Waals surface area contributed by atoms with Gasteiger partial charge in [0.05, 0.1) is 5.56 Å². The summed E-state index contributed by atoms with van der Waals surface area (Å²) in [6.45, 7) is 1.78. The highest BCUT2D eigenvalue weighted by Crippen LogP contribution is 2.30. The standard InChI is InChI=1S/C17H19N5O3/c18-17-20-13(21-8-4-1-5-9-21)10-14(22(17)24)19-15-11-6-2-3-7-12(11)16(23)25-15/h2-3,6-7,10,15,24H,1,4-5,8-9H2,(H2,18,20). The number of aromatic nitrogens is 2. The number of cyclic esters (lactones) is 1. The first-order chi connectivity index (χ1) is 12.1. The van der Waals surface area contributed by atoms with Gasteiger partial charge in [0.15, 0.2) is 5.49 Å². The minimum Gasteiger partial charge on any atom is -0.432 e. The molecule has 1 aromatic heterocycles. The molecule has 0 saturated carbocycles. The number of nitrogen functional groups attached to an aromatic ring is 1. The number of ether oxygens (including phenoxy) is 1. The van der Waals surface area contributed by atoms with E-state index < -0.39 is 12.2 Å². The minimum atomic E-state index is -0.807. The largest absolute Gasteiger partial charge is 0.432 e. The Morgan fingerprint density at radius 1 is 1.24 bits per heavy atom. The van der Waals surface area contributed by atoms with Crippen molar-refractivity contribution in [2.24, 2.45) is 4.99 Å². The van der Waals surface area contributed by atoms with Gasteiger partial charge in [0.1, 0.15) is 5.82 Å². The minimum absolute atomic E-state index is 0.0561. The van der Waals surface area contributed by atoms with E-state index in [1.54, 1.807) is 24.3 Å². The third-order valence-corrected chi connectivity index (χ3v) is 4.52. The Kier molecular flexibility index (Phi) is 3.79. The summed E-state index contributed by atoms with van der Waals surface area (Å²) < 4.78 is 6.02. The lowest BCUT2D eigenvalue weighted by Gasteiger charge is -2.27. The molecule has 0 bridgehead atoms.